The maximum atomic E-state index is 12.7. The molecule has 1 aromatic carbocycles. The Balaban J connectivity index is 1.61. The first-order chi connectivity index (χ1) is 10.7. The largest absolute Gasteiger partial charge is 0.381 e. The summed E-state index contributed by atoms with van der Waals surface area (Å²) >= 11 is 6.13. The molecular formula is C17H19ClN2O2. The van der Waals surface area contributed by atoms with Crippen LogP contribution < -0.4 is 0 Å². The summed E-state index contributed by atoms with van der Waals surface area (Å²) in [6.07, 6.45) is 2.58. The van der Waals surface area contributed by atoms with Gasteiger partial charge in [0, 0.05) is 65.8 Å². The van der Waals surface area contributed by atoms with Gasteiger partial charge >= 0.3 is 0 Å². The average Bonchev–Trinajstić information content (AvgIpc) is 2.92. The van der Waals surface area contributed by atoms with Crippen LogP contribution in [0.3, 0.4) is 0 Å². The van der Waals surface area contributed by atoms with Gasteiger partial charge in [-0.15, -0.1) is 0 Å². The second-order valence-corrected chi connectivity index (χ2v) is 6.60. The van der Waals surface area contributed by atoms with Crippen molar-refractivity contribution in [2.75, 3.05) is 19.8 Å². The van der Waals surface area contributed by atoms with Crippen LogP contribution in [0.15, 0.2) is 18.2 Å². The molecule has 0 bridgehead atoms. The molecule has 22 heavy (non-hydrogen) atoms. The zero-order valence-corrected chi connectivity index (χ0v) is 13.2. The third-order valence-electron chi connectivity index (χ3n) is 4.82. The summed E-state index contributed by atoms with van der Waals surface area (Å²) < 4.78 is 5.36. The Kier molecular flexibility index (Phi) is 3.59. The summed E-state index contributed by atoms with van der Waals surface area (Å²) in [5, 5.41) is 1.88. The van der Waals surface area contributed by atoms with Gasteiger partial charge in [-0.1, -0.05) is 11.6 Å². The summed E-state index contributed by atoms with van der Waals surface area (Å²) in [5.74, 6) is 0.412. The number of hydrogen-bond donors (Lipinski definition) is 1. The summed E-state index contributed by atoms with van der Waals surface area (Å²) in [5.41, 5.74) is 3.58. The van der Waals surface area contributed by atoms with Gasteiger partial charge in [0.15, 0.2) is 0 Å². The lowest BCUT2D eigenvalue weighted by molar-refractivity contribution is -0.139. The van der Waals surface area contributed by atoms with Crippen LogP contribution in [0.2, 0.25) is 5.02 Å². The van der Waals surface area contributed by atoms with E-state index in [4.69, 9.17) is 16.3 Å². The maximum Gasteiger partial charge on any atom is 0.226 e. The molecule has 1 aromatic heterocycles. The van der Waals surface area contributed by atoms with Crippen molar-refractivity contribution in [3.63, 3.8) is 0 Å². The number of hydrogen-bond acceptors (Lipinski definition) is 2. The summed E-state index contributed by atoms with van der Waals surface area (Å²) in [6.45, 7) is 2.89. The highest BCUT2D eigenvalue weighted by Crippen LogP contribution is 2.31. The Hall–Kier alpha value is -1.52. The minimum absolute atomic E-state index is 0.129. The van der Waals surface area contributed by atoms with Crippen molar-refractivity contribution in [2.24, 2.45) is 5.92 Å². The number of halogens is 1. The topological polar surface area (TPSA) is 45.3 Å². The highest BCUT2D eigenvalue weighted by Gasteiger charge is 2.30. The number of ether oxygens (including phenoxy) is 1. The molecule has 3 heterocycles. The second-order valence-electron chi connectivity index (χ2n) is 6.17. The summed E-state index contributed by atoms with van der Waals surface area (Å²) in [7, 11) is 0. The molecule has 1 saturated heterocycles. The van der Waals surface area contributed by atoms with Crippen LogP contribution in [0.1, 0.15) is 24.1 Å². The van der Waals surface area contributed by atoms with E-state index in [1.165, 1.54) is 11.3 Å². The number of amides is 1. The number of aromatic amines is 1. The molecule has 0 radical (unpaired) electrons. The number of nitrogens with one attached hydrogen (secondary N) is 1. The Morgan fingerprint density at radius 1 is 1.32 bits per heavy atom. The van der Waals surface area contributed by atoms with E-state index in [2.05, 4.69) is 4.98 Å². The van der Waals surface area contributed by atoms with Crippen LogP contribution in [-0.4, -0.2) is 35.5 Å². The van der Waals surface area contributed by atoms with Gasteiger partial charge in [-0.3, -0.25) is 4.79 Å². The smallest absolute Gasteiger partial charge is 0.226 e. The van der Waals surface area contributed by atoms with Crippen molar-refractivity contribution in [1.82, 2.24) is 9.88 Å². The molecule has 0 atom stereocenters. The van der Waals surface area contributed by atoms with Gasteiger partial charge in [0.2, 0.25) is 5.91 Å². The van der Waals surface area contributed by atoms with Gasteiger partial charge in [-0.05, 0) is 31.0 Å². The molecule has 2 aliphatic rings. The number of H-pyrrole nitrogens is 1. The van der Waals surface area contributed by atoms with Crippen LogP contribution in [0.25, 0.3) is 10.9 Å². The van der Waals surface area contributed by atoms with E-state index in [0.717, 1.165) is 41.7 Å². The first-order valence-electron chi connectivity index (χ1n) is 7.88. The average molecular weight is 319 g/mol. The number of fused-ring (bicyclic) bond motifs is 3. The Bertz CT molecular complexity index is 719. The van der Waals surface area contributed by atoms with Crippen LogP contribution in [0.4, 0.5) is 0 Å². The van der Waals surface area contributed by atoms with E-state index in [9.17, 15) is 4.79 Å². The monoisotopic (exact) mass is 318 g/mol. The molecular weight excluding hydrogens is 300 g/mol. The fourth-order valence-corrected chi connectivity index (χ4v) is 3.75. The van der Waals surface area contributed by atoms with Crippen LogP contribution in [0.5, 0.6) is 0 Å². The first kappa shape index (κ1) is 14.1. The van der Waals surface area contributed by atoms with E-state index in [-0.39, 0.29) is 11.8 Å². The number of benzene rings is 1. The second kappa shape index (κ2) is 5.60. The Morgan fingerprint density at radius 2 is 2.14 bits per heavy atom. The number of nitrogens with zero attached hydrogens (tertiary/aromatic N) is 1. The molecule has 0 unspecified atom stereocenters. The van der Waals surface area contributed by atoms with Gasteiger partial charge in [0.25, 0.3) is 0 Å². The van der Waals surface area contributed by atoms with Crippen LogP contribution in [0, 0.1) is 5.92 Å². The molecule has 0 aliphatic carbocycles. The molecule has 2 aromatic rings. The van der Waals surface area contributed by atoms with Crippen LogP contribution >= 0.6 is 11.6 Å². The highest BCUT2D eigenvalue weighted by molar-refractivity contribution is 6.31. The molecule has 116 valence electrons. The minimum atomic E-state index is 0.129. The van der Waals surface area contributed by atoms with Gasteiger partial charge in [-0.2, -0.15) is 0 Å². The van der Waals surface area contributed by atoms with Crippen LogP contribution in [-0.2, 0) is 22.5 Å². The van der Waals surface area contributed by atoms with E-state index in [0.29, 0.717) is 19.8 Å². The number of aromatic nitrogens is 1. The standard InChI is InChI=1S/C17H19ClN2O2/c18-12-1-2-15-13(9-12)14-10-20(6-3-16(14)19-15)17(21)11-4-7-22-8-5-11/h1-2,9,11,19H,3-8,10H2. The molecule has 1 N–H and O–H groups in total. The lowest BCUT2D eigenvalue weighted by Gasteiger charge is -2.32. The van der Waals surface area contributed by atoms with Crippen molar-refractivity contribution >= 4 is 28.4 Å². The predicted octanol–water partition coefficient (Wildman–Crippen LogP) is 3.13. The number of carbonyl (C=O) groups is 1. The molecule has 1 amide bonds. The Morgan fingerprint density at radius 3 is 2.95 bits per heavy atom. The lowest BCUT2D eigenvalue weighted by Crippen LogP contribution is -2.41. The van der Waals surface area contributed by atoms with E-state index < -0.39 is 0 Å². The quantitative estimate of drug-likeness (QED) is 0.878. The van der Waals surface area contributed by atoms with Gasteiger partial charge < -0.3 is 14.6 Å². The minimum Gasteiger partial charge on any atom is -0.381 e. The van der Waals surface area contributed by atoms with E-state index in [1.807, 2.05) is 23.1 Å². The van der Waals surface area contributed by atoms with E-state index >= 15 is 0 Å². The molecule has 4 rings (SSSR count). The van der Waals surface area contributed by atoms with Crippen molar-refractivity contribution in [3.8, 4) is 0 Å². The molecule has 5 heteroatoms. The molecule has 0 saturated carbocycles. The van der Waals surface area contributed by atoms with Crippen molar-refractivity contribution in [2.45, 2.75) is 25.8 Å². The Labute approximate surface area is 134 Å². The van der Waals surface area contributed by atoms with Gasteiger partial charge in [-0.25, -0.2) is 0 Å². The van der Waals surface area contributed by atoms with Crippen molar-refractivity contribution < 1.29 is 9.53 Å². The molecule has 0 spiro atoms. The zero-order valence-electron chi connectivity index (χ0n) is 12.4. The first-order valence-corrected chi connectivity index (χ1v) is 8.25. The van der Waals surface area contributed by atoms with E-state index in [1.54, 1.807) is 0 Å². The highest BCUT2D eigenvalue weighted by atomic mass is 35.5. The predicted molar refractivity (Wildman–Crippen MR) is 86.0 cm³/mol. The van der Waals surface area contributed by atoms with Crippen molar-refractivity contribution in [1.29, 1.82) is 0 Å². The SMILES string of the molecule is O=C(C1CCOCC1)N1CCc2[nH]c3ccc(Cl)cc3c2C1. The van der Waals surface area contributed by atoms with Gasteiger partial charge in [0.1, 0.15) is 0 Å². The number of carbonyl (C=O) groups excluding carboxylic acids is 1. The van der Waals surface area contributed by atoms with Crippen molar-refractivity contribution in [3.05, 3.63) is 34.5 Å². The maximum absolute atomic E-state index is 12.7. The van der Waals surface area contributed by atoms with Gasteiger partial charge in [0.05, 0.1) is 0 Å². The third-order valence-corrected chi connectivity index (χ3v) is 5.05. The fraction of sp³-hybridized carbons (Fsp3) is 0.471. The summed E-state index contributed by atoms with van der Waals surface area (Å²) in [6, 6.07) is 5.91. The molecule has 4 nitrogen and oxygen atoms in total. The normalized spacial score (nSPS) is 19.4. The third kappa shape index (κ3) is 2.40. The zero-order chi connectivity index (χ0) is 15.1. The fourth-order valence-electron chi connectivity index (χ4n) is 3.58. The lowest BCUT2D eigenvalue weighted by atomic mass is 9.96. The molecule has 1 fully saturated rings. The summed E-state index contributed by atoms with van der Waals surface area (Å²) in [4.78, 5) is 18.2. The molecule has 2 aliphatic heterocycles. The number of rotatable bonds is 1.